The van der Waals surface area contributed by atoms with Crippen LogP contribution in [0.5, 0.6) is 0 Å². The van der Waals surface area contributed by atoms with Gasteiger partial charge in [-0.3, -0.25) is 4.79 Å². The lowest BCUT2D eigenvalue weighted by atomic mass is 9.69. The van der Waals surface area contributed by atoms with Crippen LogP contribution in [0.15, 0.2) is 12.3 Å². The Morgan fingerprint density at radius 3 is 2.82 bits per heavy atom. The molecule has 0 spiro atoms. The molecule has 2 heteroatoms. The van der Waals surface area contributed by atoms with Gasteiger partial charge in [0.15, 0.2) is 5.78 Å². The highest BCUT2D eigenvalue weighted by atomic mass is 16.1. The highest BCUT2D eigenvalue weighted by molar-refractivity contribution is 5.92. The summed E-state index contributed by atoms with van der Waals surface area (Å²) >= 11 is 0. The van der Waals surface area contributed by atoms with E-state index < -0.39 is 0 Å². The van der Waals surface area contributed by atoms with Crippen LogP contribution in [0, 0.1) is 17.8 Å². The van der Waals surface area contributed by atoms with Gasteiger partial charge in [0.1, 0.15) is 0 Å². The van der Waals surface area contributed by atoms with E-state index in [1.807, 2.05) is 6.08 Å². The quantitative estimate of drug-likeness (QED) is 0.641. The van der Waals surface area contributed by atoms with Crippen molar-refractivity contribution in [3.05, 3.63) is 12.3 Å². The van der Waals surface area contributed by atoms with Crippen LogP contribution in [-0.2, 0) is 4.79 Å². The second-order valence-electron chi connectivity index (χ2n) is 6.27. The summed E-state index contributed by atoms with van der Waals surface area (Å²) in [6.07, 6.45) is 10.8. The average molecular weight is 233 g/mol. The lowest BCUT2D eigenvalue weighted by Crippen LogP contribution is -2.57. The van der Waals surface area contributed by atoms with Crippen molar-refractivity contribution < 1.29 is 4.79 Å². The van der Waals surface area contributed by atoms with Gasteiger partial charge >= 0.3 is 0 Å². The predicted molar refractivity (Wildman–Crippen MR) is 68.5 cm³/mol. The van der Waals surface area contributed by atoms with Gasteiger partial charge in [0.25, 0.3) is 0 Å². The minimum absolute atomic E-state index is 0.192. The molecule has 0 aromatic carbocycles. The SMILES string of the molecule is CC1CC2CCCCC2N2C=CC(=O)C(C)C12. The molecule has 0 N–H and O–H groups in total. The minimum atomic E-state index is 0.192. The molecule has 1 aliphatic carbocycles. The topological polar surface area (TPSA) is 20.3 Å². The lowest BCUT2D eigenvalue weighted by molar-refractivity contribution is -0.124. The fourth-order valence-electron chi connectivity index (χ4n) is 4.43. The van der Waals surface area contributed by atoms with E-state index in [9.17, 15) is 4.79 Å². The predicted octanol–water partition coefficient (Wildman–Crippen LogP) is 2.99. The van der Waals surface area contributed by atoms with Crippen LogP contribution < -0.4 is 0 Å². The van der Waals surface area contributed by atoms with Crippen LogP contribution in [-0.4, -0.2) is 22.8 Å². The Morgan fingerprint density at radius 2 is 2.00 bits per heavy atom. The van der Waals surface area contributed by atoms with E-state index in [4.69, 9.17) is 0 Å². The van der Waals surface area contributed by atoms with E-state index in [1.165, 1.54) is 32.1 Å². The molecule has 5 atom stereocenters. The Morgan fingerprint density at radius 1 is 1.24 bits per heavy atom. The maximum Gasteiger partial charge on any atom is 0.161 e. The lowest BCUT2D eigenvalue weighted by Gasteiger charge is -2.54. The van der Waals surface area contributed by atoms with Crippen molar-refractivity contribution >= 4 is 5.78 Å². The second kappa shape index (κ2) is 4.15. The third-order valence-corrected chi connectivity index (χ3v) is 5.23. The number of rotatable bonds is 0. The summed E-state index contributed by atoms with van der Waals surface area (Å²) in [5, 5.41) is 0. The zero-order valence-corrected chi connectivity index (χ0v) is 10.9. The molecule has 0 aromatic rings. The summed E-state index contributed by atoms with van der Waals surface area (Å²) in [5.74, 6) is 2.06. The van der Waals surface area contributed by atoms with E-state index >= 15 is 0 Å². The van der Waals surface area contributed by atoms with Crippen LogP contribution in [0.25, 0.3) is 0 Å². The largest absolute Gasteiger partial charge is 0.370 e. The Bertz CT molecular complexity index is 349. The Kier molecular flexibility index (Phi) is 2.76. The molecule has 3 rings (SSSR count). The molecule has 3 aliphatic rings. The third kappa shape index (κ3) is 1.73. The van der Waals surface area contributed by atoms with Crippen molar-refractivity contribution in [2.75, 3.05) is 0 Å². The number of piperidine rings is 1. The van der Waals surface area contributed by atoms with Crippen molar-refractivity contribution in [1.82, 2.24) is 4.90 Å². The van der Waals surface area contributed by atoms with Gasteiger partial charge < -0.3 is 4.90 Å². The number of carbonyl (C=O) groups excluding carboxylic acids is 1. The molecule has 2 fully saturated rings. The van der Waals surface area contributed by atoms with Crippen LogP contribution in [0.1, 0.15) is 46.0 Å². The molecule has 0 radical (unpaired) electrons. The number of nitrogens with zero attached hydrogens (tertiary/aromatic N) is 1. The fraction of sp³-hybridized carbons (Fsp3) is 0.800. The maximum absolute atomic E-state index is 11.8. The van der Waals surface area contributed by atoms with Gasteiger partial charge in [-0.05, 0) is 37.2 Å². The Labute approximate surface area is 104 Å². The molecule has 1 saturated carbocycles. The molecule has 0 aromatic heterocycles. The fourth-order valence-corrected chi connectivity index (χ4v) is 4.43. The van der Waals surface area contributed by atoms with E-state index in [0.29, 0.717) is 17.7 Å². The van der Waals surface area contributed by atoms with Gasteiger partial charge in [-0.1, -0.05) is 26.7 Å². The first-order valence-corrected chi connectivity index (χ1v) is 7.18. The van der Waals surface area contributed by atoms with E-state index in [0.717, 1.165) is 12.0 Å². The first-order chi connectivity index (χ1) is 8.18. The molecule has 0 amide bonds. The third-order valence-electron chi connectivity index (χ3n) is 5.23. The van der Waals surface area contributed by atoms with Crippen molar-refractivity contribution in [3.8, 4) is 0 Å². The summed E-state index contributed by atoms with van der Waals surface area (Å²) in [5.41, 5.74) is 0. The number of ketones is 1. The van der Waals surface area contributed by atoms with E-state index in [2.05, 4.69) is 24.9 Å². The summed E-state index contributed by atoms with van der Waals surface area (Å²) < 4.78 is 0. The molecule has 0 bridgehead atoms. The monoisotopic (exact) mass is 233 g/mol. The van der Waals surface area contributed by atoms with Gasteiger partial charge in [-0.2, -0.15) is 0 Å². The number of carbonyl (C=O) groups is 1. The Hall–Kier alpha value is -0.790. The number of hydrogen-bond acceptors (Lipinski definition) is 2. The van der Waals surface area contributed by atoms with Crippen LogP contribution in [0.2, 0.25) is 0 Å². The minimum Gasteiger partial charge on any atom is -0.370 e. The summed E-state index contributed by atoms with van der Waals surface area (Å²) in [4.78, 5) is 14.4. The van der Waals surface area contributed by atoms with Gasteiger partial charge in [0, 0.05) is 24.2 Å². The average Bonchev–Trinajstić information content (AvgIpc) is 2.33. The second-order valence-corrected chi connectivity index (χ2v) is 6.27. The van der Waals surface area contributed by atoms with E-state index in [-0.39, 0.29) is 5.92 Å². The van der Waals surface area contributed by atoms with Gasteiger partial charge in [0.2, 0.25) is 0 Å². The molecular formula is C15H23NO. The van der Waals surface area contributed by atoms with E-state index in [1.54, 1.807) is 0 Å². The molecule has 1 saturated heterocycles. The highest BCUT2D eigenvalue weighted by Crippen LogP contribution is 2.43. The van der Waals surface area contributed by atoms with Crippen LogP contribution in [0.4, 0.5) is 0 Å². The number of hydrogen-bond donors (Lipinski definition) is 0. The molecule has 2 nitrogen and oxygen atoms in total. The maximum atomic E-state index is 11.8. The summed E-state index contributed by atoms with van der Waals surface area (Å²) in [6, 6.07) is 1.18. The molecule has 5 unspecified atom stereocenters. The molecule has 17 heavy (non-hydrogen) atoms. The molecule has 2 aliphatic heterocycles. The van der Waals surface area contributed by atoms with Crippen LogP contribution in [0.3, 0.4) is 0 Å². The van der Waals surface area contributed by atoms with Gasteiger partial charge in [0.05, 0.1) is 0 Å². The van der Waals surface area contributed by atoms with Gasteiger partial charge in [-0.15, -0.1) is 0 Å². The van der Waals surface area contributed by atoms with Crippen molar-refractivity contribution in [2.45, 2.75) is 58.0 Å². The van der Waals surface area contributed by atoms with Crippen molar-refractivity contribution in [3.63, 3.8) is 0 Å². The normalized spacial score (nSPS) is 45.4. The summed E-state index contributed by atoms with van der Waals surface area (Å²) in [6.45, 7) is 4.45. The molecule has 94 valence electrons. The first kappa shape index (κ1) is 11.3. The zero-order chi connectivity index (χ0) is 12.0. The van der Waals surface area contributed by atoms with Gasteiger partial charge in [-0.25, -0.2) is 0 Å². The highest BCUT2D eigenvalue weighted by Gasteiger charge is 2.45. The Balaban J connectivity index is 1.91. The summed E-state index contributed by atoms with van der Waals surface area (Å²) in [7, 11) is 0. The standard InChI is InChI=1S/C15H23NO/c1-10-9-12-5-3-4-6-13(12)16-8-7-14(17)11(2)15(10)16/h7-8,10-13,15H,3-6,9H2,1-2H3. The smallest absolute Gasteiger partial charge is 0.161 e. The van der Waals surface area contributed by atoms with Crippen LogP contribution >= 0.6 is 0 Å². The van der Waals surface area contributed by atoms with Crippen molar-refractivity contribution in [1.29, 1.82) is 0 Å². The van der Waals surface area contributed by atoms with Crippen molar-refractivity contribution in [2.24, 2.45) is 17.8 Å². The zero-order valence-electron chi connectivity index (χ0n) is 10.9. The first-order valence-electron chi connectivity index (χ1n) is 7.18. The molecular weight excluding hydrogens is 210 g/mol. The molecule has 2 heterocycles. The number of fused-ring (bicyclic) bond motifs is 3. The number of allylic oxidation sites excluding steroid dienone is 1.